The Balaban J connectivity index is 1.74. The van der Waals surface area contributed by atoms with E-state index >= 15 is 0 Å². The highest BCUT2D eigenvalue weighted by molar-refractivity contribution is 5.71. The van der Waals surface area contributed by atoms with Gasteiger partial charge in [0.15, 0.2) is 11.5 Å². The van der Waals surface area contributed by atoms with Gasteiger partial charge in [-0.05, 0) is 61.1 Å². The minimum atomic E-state index is -0.546. The lowest BCUT2D eigenvalue weighted by Crippen LogP contribution is -2.49. The molecule has 2 aromatic carbocycles. The summed E-state index contributed by atoms with van der Waals surface area (Å²) in [5, 5.41) is 0. The van der Waals surface area contributed by atoms with Crippen molar-refractivity contribution in [3.05, 3.63) is 59.2 Å². The molecule has 6 heteroatoms. The molecule has 0 saturated carbocycles. The zero-order chi connectivity index (χ0) is 25.4. The van der Waals surface area contributed by atoms with Crippen molar-refractivity contribution in [2.75, 3.05) is 48.1 Å². The van der Waals surface area contributed by atoms with Crippen LogP contribution in [-0.4, -0.2) is 64.5 Å². The van der Waals surface area contributed by atoms with Crippen LogP contribution in [0.2, 0.25) is 0 Å². The molecule has 192 valence electrons. The maximum absolute atomic E-state index is 12.7. The van der Waals surface area contributed by atoms with Crippen molar-refractivity contribution < 1.29 is 23.7 Å². The SMILES string of the molecule is COCC(=O)O[C@@]1(CCN(C)CCc2ccc(OC)c(OC)c2)CCc2ccccc2[C@H]1C(C)C. The number of esters is 1. The molecule has 0 unspecified atom stereocenters. The third-order valence-corrected chi connectivity index (χ3v) is 7.17. The van der Waals surface area contributed by atoms with Crippen molar-refractivity contribution in [2.45, 2.75) is 51.0 Å². The number of ether oxygens (including phenoxy) is 4. The molecular formula is C29H41NO5. The molecule has 0 aromatic heterocycles. The number of likely N-dealkylation sites (N-methyl/N-ethyl adjacent to an activating group) is 1. The summed E-state index contributed by atoms with van der Waals surface area (Å²) in [7, 11) is 6.97. The largest absolute Gasteiger partial charge is 0.493 e. The van der Waals surface area contributed by atoms with Gasteiger partial charge in [0.05, 0.1) is 14.2 Å². The second-order valence-corrected chi connectivity index (χ2v) is 9.88. The zero-order valence-electron chi connectivity index (χ0n) is 22.1. The van der Waals surface area contributed by atoms with E-state index in [0.29, 0.717) is 5.92 Å². The van der Waals surface area contributed by atoms with Gasteiger partial charge in [0.2, 0.25) is 0 Å². The molecule has 0 radical (unpaired) electrons. The maximum atomic E-state index is 12.7. The fourth-order valence-corrected chi connectivity index (χ4v) is 5.49. The smallest absolute Gasteiger partial charge is 0.332 e. The van der Waals surface area contributed by atoms with Gasteiger partial charge in [0.1, 0.15) is 12.2 Å². The van der Waals surface area contributed by atoms with E-state index in [1.165, 1.54) is 23.8 Å². The molecular weight excluding hydrogens is 442 g/mol. The van der Waals surface area contributed by atoms with Crippen molar-refractivity contribution in [1.29, 1.82) is 0 Å². The second-order valence-electron chi connectivity index (χ2n) is 9.88. The molecule has 35 heavy (non-hydrogen) atoms. The number of carbonyl (C=O) groups excluding carboxylic acids is 1. The van der Waals surface area contributed by atoms with Crippen LogP contribution in [0.1, 0.15) is 49.3 Å². The van der Waals surface area contributed by atoms with Crippen LogP contribution in [0.3, 0.4) is 0 Å². The Kier molecular flexibility index (Phi) is 9.58. The Labute approximate surface area is 210 Å². The van der Waals surface area contributed by atoms with E-state index in [1.807, 2.05) is 12.1 Å². The number of aryl methyl sites for hydroxylation is 1. The number of benzene rings is 2. The van der Waals surface area contributed by atoms with E-state index in [4.69, 9.17) is 18.9 Å². The summed E-state index contributed by atoms with van der Waals surface area (Å²) in [6.45, 7) is 6.15. The summed E-state index contributed by atoms with van der Waals surface area (Å²) in [5.41, 5.74) is 3.33. The first kappa shape index (κ1) is 27.0. The fraction of sp³-hybridized carbons (Fsp3) is 0.552. The van der Waals surface area contributed by atoms with Crippen LogP contribution in [-0.2, 0) is 27.1 Å². The first-order valence-corrected chi connectivity index (χ1v) is 12.5. The topological polar surface area (TPSA) is 57.2 Å². The highest BCUT2D eigenvalue weighted by atomic mass is 16.6. The van der Waals surface area contributed by atoms with E-state index in [-0.39, 0.29) is 18.5 Å². The van der Waals surface area contributed by atoms with Gasteiger partial charge < -0.3 is 23.8 Å². The Morgan fingerprint density at radius 2 is 1.80 bits per heavy atom. The van der Waals surface area contributed by atoms with Crippen molar-refractivity contribution in [1.82, 2.24) is 4.90 Å². The molecule has 0 saturated heterocycles. The fourth-order valence-electron chi connectivity index (χ4n) is 5.49. The Morgan fingerprint density at radius 1 is 1.06 bits per heavy atom. The molecule has 6 nitrogen and oxygen atoms in total. The minimum Gasteiger partial charge on any atom is -0.493 e. The lowest BCUT2D eigenvalue weighted by molar-refractivity contribution is -0.172. The molecule has 3 rings (SSSR count). The molecule has 0 aliphatic heterocycles. The standard InChI is InChI=1S/C29H41NO5/c1-21(2)28-24-10-8-7-9-23(24)13-15-29(28,35-27(31)20-32-4)16-18-30(3)17-14-22-11-12-25(33-5)26(19-22)34-6/h7-12,19,21,28H,13-18,20H2,1-6H3/t28-,29-/m1/s1. The van der Waals surface area contributed by atoms with Crippen LogP contribution in [0, 0.1) is 5.92 Å². The normalized spacial score (nSPS) is 19.5. The lowest BCUT2D eigenvalue weighted by atomic mass is 9.65. The average molecular weight is 484 g/mol. The maximum Gasteiger partial charge on any atom is 0.332 e. The number of rotatable bonds is 12. The van der Waals surface area contributed by atoms with E-state index in [0.717, 1.165) is 50.3 Å². The van der Waals surface area contributed by atoms with Crippen LogP contribution < -0.4 is 9.47 Å². The molecule has 1 aliphatic rings. The second kappa shape index (κ2) is 12.4. The highest BCUT2D eigenvalue weighted by Crippen LogP contribution is 2.48. The number of methoxy groups -OCH3 is 3. The monoisotopic (exact) mass is 483 g/mol. The Hall–Kier alpha value is -2.57. The van der Waals surface area contributed by atoms with Gasteiger partial charge in [-0.25, -0.2) is 4.79 Å². The van der Waals surface area contributed by atoms with Crippen molar-refractivity contribution >= 4 is 5.97 Å². The van der Waals surface area contributed by atoms with Gasteiger partial charge in [0.25, 0.3) is 0 Å². The van der Waals surface area contributed by atoms with E-state index in [9.17, 15) is 4.79 Å². The zero-order valence-corrected chi connectivity index (χ0v) is 22.1. The third kappa shape index (κ3) is 6.56. The number of hydrogen-bond donors (Lipinski definition) is 0. The predicted octanol–water partition coefficient (Wildman–Crippen LogP) is 4.88. The summed E-state index contributed by atoms with van der Waals surface area (Å²) >= 11 is 0. The first-order chi connectivity index (χ1) is 16.8. The average Bonchev–Trinajstić information content (AvgIpc) is 2.85. The quantitative estimate of drug-likeness (QED) is 0.401. The van der Waals surface area contributed by atoms with Crippen molar-refractivity contribution in [3.8, 4) is 11.5 Å². The van der Waals surface area contributed by atoms with Crippen LogP contribution in [0.15, 0.2) is 42.5 Å². The molecule has 0 N–H and O–H groups in total. The molecule has 2 aromatic rings. The summed E-state index contributed by atoms with van der Waals surface area (Å²) in [6.07, 6.45) is 3.41. The van der Waals surface area contributed by atoms with Crippen LogP contribution >= 0.6 is 0 Å². The molecule has 0 spiro atoms. The third-order valence-electron chi connectivity index (χ3n) is 7.17. The van der Waals surface area contributed by atoms with Gasteiger partial charge in [-0.1, -0.05) is 44.2 Å². The summed E-state index contributed by atoms with van der Waals surface area (Å²) in [5.74, 6) is 1.68. The molecule has 0 bridgehead atoms. The van der Waals surface area contributed by atoms with Crippen LogP contribution in [0.5, 0.6) is 11.5 Å². The Bertz CT molecular complexity index is 975. The summed E-state index contributed by atoms with van der Waals surface area (Å²) < 4.78 is 22.2. The molecule has 2 atom stereocenters. The van der Waals surface area contributed by atoms with Gasteiger partial charge in [-0.3, -0.25) is 0 Å². The minimum absolute atomic E-state index is 0.0245. The molecule has 1 aliphatic carbocycles. The van der Waals surface area contributed by atoms with Gasteiger partial charge in [-0.15, -0.1) is 0 Å². The summed E-state index contributed by atoms with van der Waals surface area (Å²) in [6, 6.07) is 14.7. The lowest BCUT2D eigenvalue weighted by Gasteiger charge is -2.47. The Morgan fingerprint density at radius 3 is 2.49 bits per heavy atom. The predicted molar refractivity (Wildman–Crippen MR) is 138 cm³/mol. The first-order valence-electron chi connectivity index (χ1n) is 12.5. The molecule has 0 amide bonds. The number of fused-ring (bicyclic) bond motifs is 1. The number of hydrogen-bond acceptors (Lipinski definition) is 6. The van der Waals surface area contributed by atoms with Gasteiger partial charge in [-0.2, -0.15) is 0 Å². The summed E-state index contributed by atoms with van der Waals surface area (Å²) in [4.78, 5) is 15.0. The van der Waals surface area contributed by atoms with Crippen LogP contribution in [0.4, 0.5) is 0 Å². The molecule has 0 heterocycles. The number of nitrogens with zero attached hydrogens (tertiary/aromatic N) is 1. The van der Waals surface area contributed by atoms with Gasteiger partial charge in [0, 0.05) is 32.5 Å². The van der Waals surface area contributed by atoms with Crippen molar-refractivity contribution in [2.24, 2.45) is 5.92 Å². The van der Waals surface area contributed by atoms with E-state index in [2.05, 4.69) is 56.1 Å². The molecule has 0 fully saturated rings. The van der Waals surface area contributed by atoms with Crippen molar-refractivity contribution in [3.63, 3.8) is 0 Å². The van der Waals surface area contributed by atoms with E-state index in [1.54, 1.807) is 14.2 Å². The van der Waals surface area contributed by atoms with E-state index < -0.39 is 5.60 Å². The van der Waals surface area contributed by atoms with Gasteiger partial charge >= 0.3 is 5.97 Å². The number of carbonyl (C=O) groups is 1. The van der Waals surface area contributed by atoms with Crippen LogP contribution in [0.25, 0.3) is 0 Å². The highest BCUT2D eigenvalue weighted by Gasteiger charge is 2.47.